The first kappa shape index (κ1) is 9.86. The molecule has 0 spiro atoms. The molecule has 1 N–H and O–H groups in total. The summed E-state index contributed by atoms with van der Waals surface area (Å²) in [4.78, 5) is 15.0. The van der Waals surface area contributed by atoms with E-state index in [0.29, 0.717) is 0 Å². The summed E-state index contributed by atoms with van der Waals surface area (Å²) in [7, 11) is 0. The zero-order chi connectivity index (χ0) is 10.8. The fourth-order valence-corrected chi connectivity index (χ4v) is 1.96. The number of aromatic carboxylic acids is 1. The van der Waals surface area contributed by atoms with E-state index in [1.165, 1.54) is 23.1 Å². The molecule has 1 heterocycles. The minimum absolute atomic E-state index is 0.269. The van der Waals surface area contributed by atoms with Gasteiger partial charge in [0, 0.05) is 5.56 Å². The molecule has 0 unspecified atom stereocenters. The van der Waals surface area contributed by atoms with E-state index in [9.17, 15) is 4.79 Å². The average Bonchev–Trinajstić information content (AvgIpc) is 2.68. The molecule has 0 saturated heterocycles. The van der Waals surface area contributed by atoms with E-state index in [2.05, 4.69) is 4.98 Å². The Labute approximate surface area is 91.0 Å². The number of hydrogen-bond acceptors (Lipinski definition) is 3. The van der Waals surface area contributed by atoms with Crippen LogP contribution in [0.3, 0.4) is 0 Å². The molecular formula is C11H9NO2S. The van der Waals surface area contributed by atoms with E-state index in [4.69, 9.17) is 5.11 Å². The highest BCUT2D eigenvalue weighted by atomic mass is 32.1. The van der Waals surface area contributed by atoms with Gasteiger partial charge in [0.2, 0.25) is 0 Å². The second-order valence-electron chi connectivity index (χ2n) is 3.20. The van der Waals surface area contributed by atoms with Gasteiger partial charge in [0.15, 0.2) is 0 Å². The highest BCUT2D eigenvalue weighted by Crippen LogP contribution is 2.25. The number of benzene rings is 1. The van der Waals surface area contributed by atoms with Crippen molar-refractivity contribution in [3.63, 3.8) is 0 Å². The molecule has 0 atom stereocenters. The predicted octanol–water partition coefficient (Wildman–Crippen LogP) is 2.82. The summed E-state index contributed by atoms with van der Waals surface area (Å²) in [5.41, 5.74) is 2.13. The second kappa shape index (κ2) is 3.82. The van der Waals surface area contributed by atoms with Gasteiger partial charge in [0.05, 0.1) is 6.20 Å². The SMILES string of the molecule is Cc1ccc(-c2ncc(C(=O)O)s2)cc1. The normalized spacial score (nSPS) is 10.2. The van der Waals surface area contributed by atoms with Gasteiger partial charge in [-0.2, -0.15) is 0 Å². The van der Waals surface area contributed by atoms with Crippen molar-refractivity contribution in [1.29, 1.82) is 0 Å². The Kier molecular flexibility index (Phi) is 2.51. The van der Waals surface area contributed by atoms with E-state index in [-0.39, 0.29) is 4.88 Å². The molecule has 0 aliphatic heterocycles. The minimum atomic E-state index is -0.925. The van der Waals surface area contributed by atoms with Gasteiger partial charge < -0.3 is 5.11 Å². The maximum Gasteiger partial charge on any atom is 0.347 e. The molecular weight excluding hydrogens is 210 g/mol. The largest absolute Gasteiger partial charge is 0.477 e. The second-order valence-corrected chi connectivity index (χ2v) is 4.23. The zero-order valence-electron chi connectivity index (χ0n) is 8.10. The van der Waals surface area contributed by atoms with Crippen LogP contribution in [0.25, 0.3) is 10.6 Å². The number of carboxylic acid groups (broad SMARTS) is 1. The van der Waals surface area contributed by atoms with Crippen molar-refractivity contribution in [3.05, 3.63) is 40.9 Å². The number of carboxylic acids is 1. The Bertz CT molecular complexity index is 488. The summed E-state index contributed by atoms with van der Waals surface area (Å²) in [6.45, 7) is 2.01. The van der Waals surface area contributed by atoms with Crippen LogP contribution in [0.4, 0.5) is 0 Å². The van der Waals surface area contributed by atoms with Crippen molar-refractivity contribution in [2.75, 3.05) is 0 Å². The topological polar surface area (TPSA) is 50.2 Å². The lowest BCUT2D eigenvalue weighted by atomic mass is 10.2. The molecule has 1 aromatic carbocycles. The summed E-state index contributed by atoms with van der Waals surface area (Å²) in [6, 6.07) is 7.86. The lowest BCUT2D eigenvalue weighted by Gasteiger charge is -1.95. The summed E-state index contributed by atoms with van der Waals surface area (Å²) >= 11 is 1.19. The Morgan fingerprint density at radius 1 is 1.33 bits per heavy atom. The van der Waals surface area contributed by atoms with E-state index in [1.807, 2.05) is 31.2 Å². The van der Waals surface area contributed by atoms with Crippen molar-refractivity contribution < 1.29 is 9.90 Å². The average molecular weight is 219 g/mol. The van der Waals surface area contributed by atoms with E-state index in [1.54, 1.807) is 0 Å². The first-order valence-electron chi connectivity index (χ1n) is 4.43. The number of aryl methyl sites for hydroxylation is 1. The lowest BCUT2D eigenvalue weighted by molar-refractivity contribution is 0.0702. The highest BCUT2D eigenvalue weighted by molar-refractivity contribution is 7.16. The van der Waals surface area contributed by atoms with Crippen molar-refractivity contribution in [3.8, 4) is 10.6 Å². The van der Waals surface area contributed by atoms with E-state index >= 15 is 0 Å². The summed E-state index contributed by atoms with van der Waals surface area (Å²) in [6.07, 6.45) is 1.39. The highest BCUT2D eigenvalue weighted by Gasteiger charge is 2.09. The summed E-state index contributed by atoms with van der Waals surface area (Å²) < 4.78 is 0. The number of carbonyl (C=O) groups is 1. The third kappa shape index (κ3) is 2.05. The summed E-state index contributed by atoms with van der Waals surface area (Å²) in [5, 5.41) is 9.50. The van der Waals surface area contributed by atoms with Crippen molar-refractivity contribution in [2.24, 2.45) is 0 Å². The predicted molar refractivity (Wildman–Crippen MR) is 59.2 cm³/mol. The third-order valence-corrected chi connectivity index (χ3v) is 3.05. The van der Waals surface area contributed by atoms with Crippen LogP contribution in [0.1, 0.15) is 15.2 Å². The quantitative estimate of drug-likeness (QED) is 0.844. The Morgan fingerprint density at radius 3 is 2.53 bits per heavy atom. The zero-order valence-corrected chi connectivity index (χ0v) is 8.91. The van der Waals surface area contributed by atoms with Crippen LogP contribution in [0.2, 0.25) is 0 Å². The molecule has 15 heavy (non-hydrogen) atoms. The van der Waals surface area contributed by atoms with Gasteiger partial charge in [0.1, 0.15) is 9.88 Å². The number of rotatable bonds is 2. The van der Waals surface area contributed by atoms with Crippen LogP contribution in [0.15, 0.2) is 30.5 Å². The Balaban J connectivity index is 2.37. The van der Waals surface area contributed by atoms with E-state index in [0.717, 1.165) is 10.6 Å². The van der Waals surface area contributed by atoms with Crippen molar-refractivity contribution >= 4 is 17.3 Å². The van der Waals surface area contributed by atoms with Crippen molar-refractivity contribution in [1.82, 2.24) is 4.98 Å². The number of nitrogens with zero attached hydrogens (tertiary/aromatic N) is 1. The molecule has 0 aliphatic carbocycles. The molecule has 0 radical (unpaired) electrons. The number of aromatic nitrogens is 1. The third-order valence-electron chi connectivity index (χ3n) is 2.01. The van der Waals surface area contributed by atoms with Gasteiger partial charge in [-0.3, -0.25) is 0 Å². The van der Waals surface area contributed by atoms with E-state index < -0.39 is 5.97 Å². The number of hydrogen-bond donors (Lipinski definition) is 1. The first-order chi connectivity index (χ1) is 7.16. The molecule has 0 fully saturated rings. The van der Waals surface area contributed by atoms with Crippen molar-refractivity contribution in [2.45, 2.75) is 6.92 Å². The Morgan fingerprint density at radius 2 is 2.00 bits per heavy atom. The molecule has 0 amide bonds. The van der Waals surface area contributed by atoms with Crippen LogP contribution in [0.5, 0.6) is 0 Å². The summed E-state index contributed by atoms with van der Waals surface area (Å²) in [5.74, 6) is -0.925. The smallest absolute Gasteiger partial charge is 0.347 e. The molecule has 0 saturated carbocycles. The molecule has 4 heteroatoms. The molecule has 1 aromatic heterocycles. The van der Waals surface area contributed by atoms with Gasteiger partial charge in [-0.1, -0.05) is 29.8 Å². The fraction of sp³-hybridized carbons (Fsp3) is 0.0909. The fourth-order valence-electron chi connectivity index (χ4n) is 1.20. The lowest BCUT2D eigenvalue weighted by Crippen LogP contribution is -1.89. The molecule has 2 aromatic rings. The standard InChI is InChI=1S/C11H9NO2S/c1-7-2-4-8(5-3-7)10-12-6-9(15-10)11(13)14/h2-6H,1H3,(H,13,14). The van der Waals surface area contributed by atoms with Crippen LogP contribution in [0, 0.1) is 6.92 Å². The molecule has 76 valence electrons. The molecule has 0 aliphatic rings. The molecule has 3 nitrogen and oxygen atoms in total. The Hall–Kier alpha value is -1.68. The van der Waals surface area contributed by atoms with Crippen LogP contribution in [-0.4, -0.2) is 16.1 Å². The first-order valence-corrected chi connectivity index (χ1v) is 5.24. The monoisotopic (exact) mass is 219 g/mol. The maximum absolute atomic E-state index is 10.7. The van der Waals surface area contributed by atoms with Gasteiger partial charge in [-0.05, 0) is 6.92 Å². The maximum atomic E-state index is 10.7. The van der Waals surface area contributed by atoms with Gasteiger partial charge in [-0.15, -0.1) is 11.3 Å². The minimum Gasteiger partial charge on any atom is -0.477 e. The molecule has 0 bridgehead atoms. The molecule has 2 rings (SSSR count). The van der Waals surface area contributed by atoms with Gasteiger partial charge in [0.25, 0.3) is 0 Å². The van der Waals surface area contributed by atoms with Crippen LogP contribution in [-0.2, 0) is 0 Å². The van der Waals surface area contributed by atoms with Gasteiger partial charge >= 0.3 is 5.97 Å². The van der Waals surface area contributed by atoms with Crippen LogP contribution < -0.4 is 0 Å². The van der Waals surface area contributed by atoms with Crippen LogP contribution >= 0.6 is 11.3 Å². The van der Waals surface area contributed by atoms with Gasteiger partial charge in [-0.25, -0.2) is 9.78 Å². The number of thiazole rings is 1.